The molecule has 0 radical (unpaired) electrons. The van der Waals surface area contributed by atoms with Crippen molar-refractivity contribution in [1.29, 1.82) is 0 Å². The lowest BCUT2D eigenvalue weighted by molar-refractivity contribution is -0.336. The molecule has 3 rings (SSSR count). The topological polar surface area (TPSA) is 210 Å². The number of esters is 1. The lowest BCUT2D eigenvalue weighted by Gasteiger charge is -2.53. The maximum atomic E-state index is 14.4. The van der Waals surface area contributed by atoms with Crippen LogP contribution in [0.15, 0.2) is 0 Å². The Morgan fingerprint density at radius 1 is 0.983 bits per heavy atom. The van der Waals surface area contributed by atoms with Crippen LogP contribution >= 0.6 is 0 Å². The zero-order valence-corrected chi connectivity index (χ0v) is 38.1. The lowest BCUT2D eigenvalue weighted by atomic mass is 9.75. The summed E-state index contributed by atoms with van der Waals surface area (Å²) in [6.07, 6.45) is -7.91. The highest BCUT2D eigenvalue weighted by atomic mass is 16.7. The van der Waals surface area contributed by atoms with Crippen LogP contribution in [0.5, 0.6) is 0 Å². The van der Waals surface area contributed by atoms with Crippen molar-refractivity contribution >= 4 is 5.97 Å². The summed E-state index contributed by atoms with van der Waals surface area (Å²) in [6, 6.07) is -0.894. The Labute approximate surface area is 347 Å². The molecule has 3 heterocycles. The maximum absolute atomic E-state index is 14.4. The third-order valence-electron chi connectivity index (χ3n) is 13.4. The molecule has 0 spiro atoms. The largest absolute Gasteiger partial charge is 0.459 e. The Hall–Kier alpha value is -1.09. The number of methoxy groups -OCH3 is 2. The van der Waals surface area contributed by atoms with Crippen LogP contribution in [0.3, 0.4) is 0 Å². The first-order valence-corrected chi connectivity index (χ1v) is 21.3. The van der Waals surface area contributed by atoms with E-state index < -0.39 is 95.5 Å². The maximum Gasteiger partial charge on any atom is 0.311 e. The molecule has 0 amide bonds. The van der Waals surface area contributed by atoms with E-state index in [9.17, 15) is 30.3 Å². The first kappa shape index (κ1) is 51.3. The van der Waals surface area contributed by atoms with Crippen molar-refractivity contribution in [1.82, 2.24) is 15.5 Å². The highest BCUT2D eigenvalue weighted by molar-refractivity contribution is 5.73. The number of nitrogens with zero attached hydrogens (tertiary/aromatic N) is 1. The van der Waals surface area contributed by atoms with Crippen LogP contribution in [0.1, 0.15) is 102 Å². The van der Waals surface area contributed by atoms with Gasteiger partial charge in [0.25, 0.3) is 0 Å². The molecule has 0 aromatic carbocycles. The van der Waals surface area contributed by atoms with Crippen molar-refractivity contribution in [3.05, 3.63) is 0 Å². The van der Waals surface area contributed by atoms with E-state index in [0.29, 0.717) is 19.5 Å². The molecule has 0 aromatic heterocycles. The van der Waals surface area contributed by atoms with Crippen LogP contribution in [0.2, 0.25) is 0 Å². The molecule has 19 atom stereocenters. The molecule has 3 aliphatic rings. The van der Waals surface area contributed by atoms with Crippen LogP contribution in [-0.4, -0.2) is 180 Å². The predicted octanol–water partition coefficient (Wildman–Crippen LogP) is 1.55. The molecule has 1 unspecified atom stereocenters. The molecule has 7 N–H and O–H groups in total. The fourth-order valence-corrected chi connectivity index (χ4v) is 9.30. The van der Waals surface area contributed by atoms with Crippen LogP contribution in [0.4, 0.5) is 0 Å². The van der Waals surface area contributed by atoms with E-state index in [0.717, 1.165) is 0 Å². The van der Waals surface area contributed by atoms with Gasteiger partial charge in [-0.2, -0.15) is 0 Å². The number of hydrogen-bond acceptors (Lipinski definition) is 16. The summed E-state index contributed by atoms with van der Waals surface area (Å²) in [4.78, 5) is 16.3. The zero-order chi connectivity index (χ0) is 44.1. The molecule has 0 aliphatic carbocycles. The summed E-state index contributed by atoms with van der Waals surface area (Å²) >= 11 is 0. The van der Waals surface area contributed by atoms with Crippen molar-refractivity contribution in [2.24, 2.45) is 17.8 Å². The van der Waals surface area contributed by atoms with Gasteiger partial charge in [-0.15, -0.1) is 0 Å². The van der Waals surface area contributed by atoms with Gasteiger partial charge in [0.15, 0.2) is 12.6 Å². The van der Waals surface area contributed by atoms with Gasteiger partial charge in [0, 0.05) is 51.7 Å². The molecule has 0 saturated carbocycles. The molecule has 342 valence electrons. The molecule has 3 aliphatic heterocycles. The Kier molecular flexibility index (Phi) is 18.4. The van der Waals surface area contributed by atoms with Gasteiger partial charge >= 0.3 is 5.97 Å². The molecule has 16 heteroatoms. The van der Waals surface area contributed by atoms with Gasteiger partial charge in [-0.1, -0.05) is 20.8 Å². The monoisotopic (exact) mass is 836 g/mol. The van der Waals surface area contributed by atoms with E-state index >= 15 is 0 Å². The third kappa shape index (κ3) is 11.7. The Bertz CT molecular complexity index is 1280. The van der Waals surface area contributed by atoms with E-state index in [1.165, 1.54) is 14.0 Å². The first-order valence-electron chi connectivity index (χ1n) is 21.3. The highest BCUT2D eigenvalue weighted by Gasteiger charge is 2.58. The minimum atomic E-state index is -1.82. The highest BCUT2D eigenvalue weighted by Crippen LogP contribution is 2.43. The second-order valence-corrected chi connectivity index (χ2v) is 18.7. The zero-order valence-electron chi connectivity index (χ0n) is 38.1. The molecular formula is C42H81N3O13. The predicted molar refractivity (Wildman–Crippen MR) is 218 cm³/mol. The number of hydrogen-bond donors (Lipinski definition) is 7. The fourth-order valence-electron chi connectivity index (χ4n) is 9.30. The van der Waals surface area contributed by atoms with Crippen molar-refractivity contribution in [3.8, 4) is 0 Å². The number of carbonyl (C=O) groups excluding carboxylic acids is 1. The van der Waals surface area contributed by atoms with Crippen molar-refractivity contribution in [3.63, 3.8) is 0 Å². The van der Waals surface area contributed by atoms with Gasteiger partial charge in [-0.3, -0.25) is 4.79 Å². The van der Waals surface area contributed by atoms with E-state index in [4.69, 9.17) is 33.2 Å². The summed E-state index contributed by atoms with van der Waals surface area (Å²) in [5.41, 5.74) is -6.10. The lowest BCUT2D eigenvalue weighted by Crippen LogP contribution is -2.70. The first-order chi connectivity index (χ1) is 26.8. The standard InChI is InChI=1S/C42H81N3O13/c1-16-31-41(11,50)35(47)28(7)44-20-23(2)18-39(9,49)36(58-38-33(46)30(45(12)13)17-24(3)54-38)26(5)34(27(6)37(48)56-31)57-32-19-40(10,53-15)42(51,29(8)55-32)22-43-21-25(4)52-14/h23-36,38,43-44,46-47,49-51H,16-22H2,1-15H3/t23-,24-,25?,26+,27-,28+,29+,30+,31+,32+,33-,34+,35-,36-,38+,39+,40-,41-,42-/m1/s1. The fraction of sp³-hybridized carbons (Fsp3) is 0.976. The molecule has 0 bridgehead atoms. The summed E-state index contributed by atoms with van der Waals surface area (Å²) < 4.78 is 43.7. The molecule has 16 nitrogen and oxygen atoms in total. The number of aliphatic hydroxyl groups is 5. The number of ether oxygens (including phenoxy) is 7. The van der Waals surface area contributed by atoms with E-state index in [2.05, 4.69) is 10.6 Å². The van der Waals surface area contributed by atoms with Gasteiger partial charge in [0.2, 0.25) is 0 Å². The van der Waals surface area contributed by atoms with Gasteiger partial charge in [0.05, 0.1) is 42.0 Å². The van der Waals surface area contributed by atoms with Crippen LogP contribution in [0.25, 0.3) is 0 Å². The molecule has 3 fully saturated rings. The number of rotatable bonds is 12. The minimum absolute atomic E-state index is 0.0598. The van der Waals surface area contributed by atoms with Crippen LogP contribution in [-0.2, 0) is 38.0 Å². The Morgan fingerprint density at radius 3 is 2.19 bits per heavy atom. The normalized spacial score (nSPS) is 47.2. The van der Waals surface area contributed by atoms with Crippen molar-refractivity contribution < 1.29 is 63.5 Å². The third-order valence-corrected chi connectivity index (χ3v) is 13.4. The van der Waals surface area contributed by atoms with E-state index in [-0.39, 0.29) is 50.0 Å². The number of carbonyl (C=O) groups is 1. The Morgan fingerprint density at radius 2 is 1.62 bits per heavy atom. The van der Waals surface area contributed by atoms with Gasteiger partial charge in [-0.05, 0) is 101 Å². The molecule has 3 saturated heterocycles. The number of aliphatic hydroxyl groups excluding tert-OH is 2. The van der Waals surface area contributed by atoms with Gasteiger partial charge in [-0.25, -0.2) is 0 Å². The summed E-state index contributed by atoms with van der Waals surface area (Å²) in [5, 5.41) is 66.0. The van der Waals surface area contributed by atoms with Crippen molar-refractivity contribution in [2.75, 3.05) is 47.9 Å². The smallest absolute Gasteiger partial charge is 0.311 e. The van der Waals surface area contributed by atoms with Crippen molar-refractivity contribution in [2.45, 2.75) is 198 Å². The van der Waals surface area contributed by atoms with Crippen LogP contribution in [0, 0.1) is 17.8 Å². The number of nitrogens with one attached hydrogen (secondary N) is 2. The second-order valence-electron chi connectivity index (χ2n) is 18.7. The average Bonchev–Trinajstić information content (AvgIpc) is 3.15. The SMILES string of the molecule is CC[C@@H]1OC(=O)[C@H](C)[C@@H](O[C@H]2C[C@@](C)(OC)[C@@](O)(CNCC(C)OC)[C@H](C)O2)[C@H](C)[C@@H](O[C@@H]2O[C@H](C)C[C@H](N(C)C)[C@H]2O)[C@@](C)(O)C[C@@H](C)CN[C@@H](C)[C@@H](O)[C@]1(C)O. The Balaban J connectivity index is 2.14. The van der Waals surface area contributed by atoms with E-state index in [1.807, 2.05) is 46.7 Å². The molecule has 0 aromatic rings. The van der Waals surface area contributed by atoms with Gasteiger partial charge in [0.1, 0.15) is 35.1 Å². The van der Waals surface area contributed by atoms with E-state index in [1.54, 1.807) is 48.7 Å². The second kappa shape index (κ2) is 20.9. The number of likely N-dealkylation sites (N-methyl/N-ethyl adjacent to an activating group) is 1. The summed E-state index contributed by atoms with van der Waals surface area (Å²) in [5.74, 6) is -2.72. The number of cyclic esters (lactones) is 1. The average molecular weight is 836 g/mol. The van der Waals surface area contributed by atoms with Crippen LogP contribution < -0.4 is 10.6 Å². The van der Waals surface area contributed by atoms with Gasteiger partial charge < -0.3 is 74.2 Å². The molecular weight excluding hydrogens is 754 g/mol. The quantitative estimate of drug-likeness (QED) is 0.139. The minimum Gasteiger partial charge on any atom is -0.459 e. The summed E-state index contributed by atoms with van der Waals surface area (Å²) in [6.45, 7) is 20.4. The summed E-state index contributed by atoms with van der Waals surface area (Å²) in [7, 11) is 6.90. The molecule has 58 heavy (non-hydrogen) atoms.